The monoisotopic (exact) mass is 356 g/mol. The lowest BCUT2D eigenvalue weighted by atomic mass is 10.0. The number of likely N-dealkylation sites (N-methyl/N-ethyl adjacent to an activating group) is 2. The fourth-order valence-electron chi connectivity index (χ4n) is 3.51. The largest absolute Gasteiger partial charge is 0.505 e. The molecule has 1 amide bonds. The zero-order chi connectivity index (χ0) is 18.7. The van der Waals surface area contributed by atoms with Crippen LogP contribution in [0.2, 0.25) is 0 Å². The molecule has 1 aromatic heterocycles. The zero-order valence-electron chi connectivity index (χ0n) is 15.9. The van der Waals surface area contributed by atoms with Crippen LogP contribution < -0.4 is 0 Å². The molecule has 6 heteroatoms. The summed E-state index contributed by atoms with van der Waals surface area (Å²) in [6.07, 6.45) is 3.71. The van der Waals surface area contributed by atoms with Crippen molar-refractivity contribution in [3.8, 4) is 5.75 Å². The van der Waals surface area contributed by atoms with Gasteiger partial charge in [0, 0.05) is 43.8 Å². The first-order chi connectivity index (χ1) is 12.5. The molecule has 1 aliphatic rings. The molecule has 2 aromatic rings. The maximum absolute atomic E-state index is 13.0. The van der Waals surface area contributed by atoms with Gasteiger partial charge in [0.1, 0.15) is 5.52 Å². The molecule has 6 nitrogen and oxygen atoms in total. The third-order valence-electron chi connectivity index (χ3n) is 5.19. The molecular formula is C20H28N4O2. The van der Waals surface area contributed by atoms with Gasteiger partial charge in [0.15, 0.2) is 5.75 Å². The Labute approximate surface area is 155 Å². The van der Waals surface area contributed by atoms with Crippen LogP contribution in [0.25, 0.3) is 10.9 Å². The minimum atomic E-state index is -0.110. The molecule has 1 atom stereocenters. The fraction of sp³-hybridized carbons (Fsp3) is 0.500. The highest BCUT2D eigenvalue weighted by molar-refractivity contribution is 6.02. The molecule has 0 radical (unpaired) electrons. The molecule has 1 saturated heterocycles. The predicted octanol–water partition coefficient (Wildman–Crippen LogP) is 2.04. The van der Waals surface area contributed by atoms with Gasteiger partial charge in [-0.25, -0.2) is 0 Å². The third-order valence-corrected chi connectivity index (χ3v) is 5.19. The molecular weight excluding hydrogens is 328 g/mol. The van der Waals surface area contributed by atoms with Crippen molar-refractivity contribution in [1.29, 1.82) is 0 Å². The van der Waals surface area contributed by atoms with Crippen LogP contribution in [0.3, 0.4) is 0 Å². The SMILES string of the molecule is CN(C)CCN(C)[C@@H]1CCCN(C(=O)c2ccc3cccnc3c2O)C1. The lowest BCUT2D eigenvalue weighted by Crippen LogP contribution is -2.49. The highest BCUT2D eigenvalue weighted by atomic mass is 16.3. The van der Waals surface area contributed by atoms with Gasteiger partial charge in [0.25, 0.3) is 5.91 Å². The third kappa shape index (κ3) is 3.97. The van der Waals surface area contributed by atoms with E-state index in [9.17, 15) is 9.90 Å². The molecule has 0 spiro atoms. The molecule has 1 N–H and O–H groups in total. The van der Waals surface area contributed by atoms with Crippen molar-refractivity contribution in [2.75, 3.05) is 47.3 Å². The Morgan fingerprint density at radius 2 is 2.08 bits per heavy atom. The van der Waals surface area contributed by atoms with Crippen molar-refractivity contribution in [3.05, 3.63) is 36.0 Å². The predicted molar refractivity (Wildman–Crippen MR) is 104 cm³/mol. The van der Waals surface area contributed by atoms with Crippen LogP contribution in [-0.4, -0.2) is 84.1 Å². The molecule has 26 heavy (non-hydrogen) atoms. The topological polar surface area (TPSA) is 59.9 Å². The molecule has 0 unspecified atom stereocenters. The number of hydrogen-bond acceptors (Lipinski definition) is 5. The number of phenolic OH excluding ortho intramolecular Hbond substituents is 1. The minimum Gasteiger partial charge on any atom is -0.505 e. The number of pyridine rings is 1. The van der Waals surface area contributed by atoms with Crippen molar-refractivity contribution in [3.63, 3.8) is 0 Å². The van der Waals surface area contributed by atoms with Gasteiger partial charge in [-0.1, -0.05) is 12.1 Å². The van der Waals surface area contributed by atoms with Crippen molar-refractivity contribution >= 4 is 16.8 Å². The smallest absolute Gasteiger partial charge is 0.257 e. The van der Waals surface area contributed by atoms with E-state index in [1.54, 1.807) is 12.3 Å². The van der Waals surface area contributed by atoms with Crippen LogP contribution in [0, 0.1) is 0 Å². The van der Waals surface area contributed by atoms with Gasteiger partial charge < -0.3 is 19.8 Å². The highest BCUT2D eigenvalue weighted by Crippen LogP contribution is 2.28. The number of carbonyl (C=O) groups is 1. The van der Waals surface area contributed by atoms with Crippen LogP contribution in [0.5, 0.6) is 5.75 Å². The Kier molecular flexibility index (Phi) is 5.74. The first-order valence-electron chi connectivity index (χ1n) is 9.18. The second-order valence-electron chi connectivity index (χ2n) is 7.37. The number of aromatic nitrogens is 1. The molecule has 0 saturated carbocycles. The van der Waals surface area contributed by atoms with Gasteiger partial charge in [0.05, 0.1) is 5.56 Å². The number of likely N-dealkylation sites (tertiary alicyclic amines) is 1. The van der Waals surface area contributed by atoms with Crippen LogP contribution in [0.4, 0.5) is 0 Å². The van der Waals surface area contributed by atoms with Gasteiger partial charge in [0.2, 0.25) is 0 Å². The average Bonchev–Trinajstić information content (AvgIpc) is 2.66. The number of amides is 1. The Balaban J connectivity index is 1.74. The summed E-state index contributed by atoms with van der Waals surface area (Å²) in [6, 6.07) is 7.61. The minimum absolute atomic E-state index is 0.0174. The van der Waals surface area contributed by atoms with Gasteiger partial charge in [-0.2, -0.15) is 0 Å². The normalized spacial score (nSPS) is 18.0. The standard InChI is InChI=1S/C20H28N4O2/c1-22(2)12-13-23(3)16-7-5-11-24(14-16)20(26)17-9-8-15-6-4-10-21-18(15)19(17)25/h4,6,8-10,16,25H,5,7,11-14H2,1-3H3/t16-/m1/s1. The maximum atomic E-state index is 13.0. The Bertz CT molecular complexity index is 777. The van der Waals surface area contributed by atoms with E-state index in [4.69, 9.17) is 0 Å². The quantitative estimate of drug-likeness (QED) is 0.888. The first kappa shape index (κ1) is 18.6. The Morgan fingerprint density at radius 3 is 2.85 bits per heavy atom. The second-order valence-corrected chi connectivity index (χ2v) is 7.37. The van der Waals surface area contributed by atoms with Crippen LogP contribution in [0.1, 0.15) is 23.2 Å². The van der Waals surface area contributed by atoms with Gasteiger partial charge >= 0.3 is 0 Å². The summed E-state index contributed by atoms with van der Waals surface area (Å²) < 4.78 is 0. The molecule has 1 aromatic carbocycles. The van der Waals surface area contributed by atoms with Crippen LogP contribution >= 0.6 is 0 Å². The number of hydrogen-bond donors (Lipinski definition) is 1. The van der Waals surface area contributed by atoms with Gasteiger partial charge in [-0.05, 0) is 46.1 Å². The molecule has 3 rings (SSSR count). The molecule has 0 aliphatic carbocycles. The Morgan fingerprint density at radius 1 is 1.27 bits per heavy atom. The number of aromatic hydroxyl groups is 1. The van der Waals surface area contributed by atoms with E-state index in [1.807, 2.05) is 23.1 Å². The van der Waals surface area contributed by atoms with Crippen LogP contribution in [0.15, 0.2) is 30.5 Å². The molecule has 140 valence electrons. The highest BCUT2D eigenvalue weighted by Gasteiger charge is 2.28. The summed E-state index contributed by atoms with van der Waals surface area (Å²) in [5.74, 6) is -0.128. The van der Waals surface area contributed by atoms with Gasteiger partial charge in [-0.3, -0.25) is 9.78 Å². The Hall–Kier alpha value is -2.18. The first-order valence-corrected chi connectivity index (χ1v) is 9.18. The van der Waals surface area contributed by atoms with E-state index < -0.39 is 0 Å². The summed E-state index contributed by atoms with van der Waals surface area (Å²) in [5.41, 5.74) is 0.822. The van der Waals surface area contributed by atoms with Gasteiger partial charge in [-0.15, -0.1) is 0 Å². The maximum Gasteiger partial charge on any atom is 0.257 e. The summed E-state index contributed by atoms with van der Waals surface area (Å²) >= 11 is 0. The molecule has 2 heterocycles. The lowest BCUT2D eigenvalue weighted by Gasteiger charge is -2.38. The second kappa shape index (κ2) is 8.01. The van der Waals surface area contributed by atoms with E-state index in [2.05, 4.69) is 35.9 Å². The van der Waals surface area contributed by atoms with E-state index in [0.717, 1.165) is 37.9 Å². The van der Waals surface area contributed by atoms with Crippen molar-refractivity contribution in [2.24, 2.45) is 0 Å². The van der Waals surface area contributed by atoms with Crippen molar-refractivity contribution in [2.45, 2.75) is 18.9 Å². The number of benzene rings is 1. The number of carbonyl (C=O) groups excluding carboxylic acids is 1. The number of rotatable bonds is 5. The number of fused-ring (bicyclic) bond motifs is 1. The number of nitrogens with zero attached hydrogens (tertiary/aromatic N) is 4. The molecule has 0 bridgehead atoms. The van der Waals surface area contributed by atoms with E-state index in [-0.39, 0.29) is 11.7 Å². The zero-order valence-corrected chi connectivity index (χ0v) is 15.9. The molecule has 1 fully saturated rings. The van der Waals surface area contributed by atoms with E-state index >= 15 is 0 Å². The van der Waals surface area contributed by atoms with Crippen LogP contribution in [-0.2, 0) is 0 Å². The molecule has 1 aliphatic heterocycles. The van der Waals surface area contributed by atoms with E-state index in [1.165, 1.54) is 0 Å². The lowest BCUT2D eigenvalue weighted by molar-refractivity contribution is 0.0601. The number of piperidine rings is 1. The summed E-state index contributed by atoms with van der Waals surface area (Å²) in [6.45, 7) is 3.40. The average molecular weight is 356 g/mol. The summed E-state index contributed by atoms with van der Waals surface area (Å²) in [5, 5.41) is 11.4. The van der Waals surface area contributed by atoms with Crippen molar-refractivity contribution in [1.82, 2.24) is 19.7 Å². The summed E-state index contributed by atoms with van der Waals surface area (Å²) in [7, 11) is 6.27. The van der Waals surface area contributed by atoms with Crippen molar-refractivity contribution < 1.29 is 9.90 Å². The fourth-order valence-corrected chi connectivity index (χ4v) is 3.51. The van der Waals surface area contributed by atoms with E-state index in [0.29, 0.717) is 23.7 Å². The number of phenols is 1. The summed E-state index contributed by atoms with van der Waals surface area (Å²) in [4.78, 5) is 23.6.